The first-order valence-electron chi connectivity index (χ1n) is 5.90. The predicted molar refractivity (Wildman–Crippen MR) is 66.3 cm³/mol. The largest absolute Gasteiger partial charge is 0.248 e. The van der Waals surface area contributed by atoms with Crippen LogP contribution in [0.5, 0.6) is 0 Å². The first kappa shape index (κ1) is 9.59. The molecule has 0 saturated heterocycles. The van der Waals surface area contributed by atoms with Gasteiger partial charge in [0, 0.05) is 10.8 Å². The molecule has 1 aliphatic carbocycles. The van der Waals surface area contributed by atoms with Crippen LogP contribution in [-0.4, -0.2) is 0 Å². The van der Waals surface area contributed by atoms with E-state index in [1.165, 1.54) is 16.4 Å². The van der Waals surface area contributed by atoms with E-state index in [1.807, 2.05) is 0 Å². The quantitative estimate of drug-likeness (QED) is 0.673. The summed E-state index contributed by atoms with van der Waals surface area (Å²) < 4.78 is 0. The van der Waals surface area contributed by atoms with Crippen molar-refractivity contribution in [3.63, 3.8) is 0 Å². The molecule has 0 bridgehead atoms. The molecular weight excluding hydrogens is 194 g/mol. The molecule has 0 spiro atoms. The minimum Gasteiger partial charge on any atom is -0.248 e. The highest BCUT2D eigenvalue weighted by atomic mass is 14.8. The summed E-state index contributed by atoms with van der Waals surface area (Å²) in [6.45, 7) is 4.47. The molecule has 0 aromatic heterocycles. The van der Waals surface area contributed by atoms with Crippen molar-refractivity contribution >= 4 is 5.57 Å². The van der Waals surface area contributed by atoms with Gasteiger partial charge >= 0.3 is 0 Å². The number of nitrogens with zero attached hydrogens (tertiary/aromatic N) is 1. The summed E-state index contributed by atoms with van der Waals surface area (Å²) in [6.07, 6.45) is 5.74. The maximum Gasteiger partial charge on any atom is 0.0716 e. The molecule has 16 heavy (non-hydrogen) atoms. The van der Waals surface area contributed by atoms with Gasteiger partial charge in [0.25, 0.3) is 0 Å². The summed E-state index contributed by atoms with van der Waals surface area (Å²) in [6, 6.07) is 8.39. The van der Waals surface area contributed by atoms with Gasteiger partial charge in [-0.15, -0.1) is 0 Å². The number of allylic oxidation sites excluding steroid dienone is 3. The third-order valence-electron chi connectivity index (χ3n) is 3.44. The van der Waals surface area contributed by atoms with E-state index in [9.17, 15) is 0 Å². The van der Waals surface area contributed by atoms with Crippen molar-refractivity contribution < 1.29 is 0 Å². The first-order valence-corrected chi connectivity index (χ1v) is 5.90. The molecule has 3 rings (SSSR count). The van der Waals surface area contributed by atoms with Crippen molar-refractivity contribution in [3.05, 3.63) is 58.3 Å². The Balaban J connectivity index is 2.32. The second-order valence-electron chi connectivity index (χ2n) is 4.46. The van der Waals surface area contributed by atoms with Crippen LogP contribution in [-0.2, 0) is 0 Å². The Labute approximate surface area is 95.5 Å². The molecule has 1 atom stereocenters. The highest BCUT2D eigenvalue weighted by Gasteiger charge is 2.18. The van der Waals surface area contributed by atoms with Crippen LogP contribution in [0.3, 0.4) is 0 Å². The average molecular weight is 209 g/mol. The smallest absolute Gasteiger partial charge is 0.0716 e. The van der Waals surface area contributed by atoms with Crippen LogP contribution in [0.25, 0.3) is 5.57 Å². The van der Waals surface area contributed by atoms with Crippen molar-refractivity contribution in [1.29, 1.82) is 0 Å². The Morgan fingerprint density at radius 3 is 2.88 bits per heavy atom. The SMILES string of the molecule is CCC1=CC2=c3ccccc3=NC2=CC1C. The molecule has 1 aliphatic heterocycles. The number of hydrogen-bond acceptors (Lipinski definition) is 1. The molecule has 0 N–H and O–H groups in total. The van der Waals surface area contributed by atoms with E-state index in [2.05, 4.69) is 55.3 Å². The van der Waals surface area contributed by atoms with Gasteiger partial charge in [-0.1, -0.05) is 49.8 Å². The lowest BCUT2D eigenvalue weighted by atomic mass is 9.89. The van der Waals surface area contributed by atoms with Gasteiger partial charge in [-0.05, 0) is 18.4 Å². The summed E-state index contributed by atoms with van der Waals surface area (Å²) in [5.74, 6) is 0.529. The Morgan fingerprint density at radius 1 is 1.25 bits per heavy atom. The normalized spacial score (nSPS) is 21.9. The van der Waals surface area contributed by atoms with Crippen molar-refractivity contribution in [3.8, 4) is 0 Å². The average Bonchev–Trinajstić information content (AvgIpc) is 2.65. The molecule has 1 aromatic rings. The molecule has 1 heteroatoms. The lowest BCUT2D eigenvalue weighted by molar-refractivity contribution is 0.797. The predicted octanol–water partition coefficient (Wildman–Crippen LogP) is 2.34. The Bertz CT molecular complexity index is 617. The van der Waals surface area contributed by atoms with Crippen LogP contribution in [0.15, 0.2) is 52.7 Å². The second kappa shape index (κ2) is 3.44. The zero-order chi connectivity index (χ0) is 11.1. The topological polar surface area (TPSA) is 12.4 Å². The molecule has 0 saturated carbocycles. The van der Waals surface area contributed by atoms with Gasteiger partial charge in [0.1, 0.15) is 0 Å². The number of hydrogen-bond donors (Lipinski definition) is 0. The lowest BCUT2D eigenvalue weighted by Gasteiger charge is -2.17. The summed E-state index contributed by atoms with van der Waals surface area (Å²) in [5.41, 5.74) is 3.97. The molecule has 1 nitrogen and oxygen atoms in total. The molecule has 1 heterocycles. The Kier molecular flexibility index (Phi) is 2.06. The Hall–Kier alpha value is -1.63. The van der Waals surface area contributed by atoms with Gasteiger partial charge in [-0.3, -0.25) is 0 Å². The van der Waals surface area contributed by atoms with Gasteiger partial charge in [-0.2, -0.15) is 0 Å². The van der Waals surface area contributed by atoms with Gasteiger partial charge in [-0.25, -0.2) is 4.99 Å². The minimum absolute atomic E-state index is 0.529. The Morgan fingerprint density at radius 2 is 2.06 bits per heavy atom. The van der Waals surface area contributed by atoms with Crippen molar-refractivity contribution in [2.45, 2.75) is 20.3 Å². The number of fused-ring (bicyclic) bond motifs is 2. The highest BCUT2D eigenvalue weighted by molar-refractivity contribution is 5.76. The van der Waals surface area contributed by atoms with E-state index in [4.69, 9.17) is 0 Å². The monoisotopic (exact) mass is 209 g/mol. The number of rotatable bonds is 1. The van der Waals surface area contributed by atoms with Gasteiger partial charge in [0.2, 0.25) is 0 Å². The fourth-order valence-corrected chi connectivity index (χ4v) is 2.49. The van der Waals surface area contributed by atoms with Crippen LogP contribution in [0.4, 0.5) is 0 Å². The van der Waals surface area contributed by atoms with Crippen LogP contribution in [0.1, 0.15) is 20.3 Å². The standard InChI is InChI=1S/C15H15N/c1-3-11-9-13-12-6-4-5-7-14(12)16-15(13)8-10(11)2/h4-10H,3H2,1-2H3. The van der Waals surface area contributed by atoms with E-state index in [0.717, 1.165) is 17.5 Å². The van der Waals surface area contributed by atoms with E-state index in [-0.39, 0.29) is 0 Å². The lowest BCUT2D eigenvalue weighted by Crippen LogP contribution is -2.21. The third kappa shape index (κ3) is 1.28. The summed E-state index contributed by atoms with van der Waals surface area (Å²) in [7, 11) is 0. The zero-order valence-corrected chi connectivity index (χ0v) is 9.70. The third-order valence-corrected chi connectivity index (χ3v) is 3.44. The van der Waals surface area contributed by atoms with Gasteiger partial charge in [0.05, 0.1) is 11.1 Å². The van der Waals surface area contributed by atoms with Crippen LogP contribution < -0.4 is 10.6 Å². The van der Waals surface area contributed by atoms with E-state index < -0.39 is 0 Å². The zero-order valence-electron chi connectivity index (χ0n) is 9.70. The van der Waals surface area contributed by atoms with E-state index in [0.29, 0.717) is 5.92 Å². The van der Waals surface area contributed by atoms with Crippen molar-refractivity contribution in [1.82, 2.24) is 0 Å². The fourth-order valence-electron chi connectivity index (χ4n) is 2.49. The maximum atomic E-state index is 4.67. The van der Waals surface area contributed by atoms with Crippen LogP contribution >= 0.6 is 0 Å². The minimum atomic E-state index is 0.529. The van der Waals surface area contributed by atoms with Gasteiger partial charge in [0.15, 0.2) is 0 Å². The first-order chi connectivity index (χ1) is 7.79. The molecule has 0 amide bonds. The molecule has 1 aromatic carbocycles. The number of benzene rings is 1. The second-order valence-corrected chi connectivity index (χ2v) is 4.46. The van der Waals surface area contributed by atoms with Crippen LogP contribution in [0.2, 0.25) is 0 Å². The maximum absolute atomic E-state index is 4.67. The van der Waals surface area contributed by atoms with E-state index in [1.54, 1.807) is 0 Å². The van der Waals surface area contributed by atoms with Crippen molar-refractivity contribution in [2.24, 2.45) is 10.9 Å². The summed E-state index contributed by atoms with van der Waals surface area (Å²) in [5, 5.41) is 2.40. The van der Waals surface area contributed by atoms with Crippen LogP contribution in [0, 0.1) is 5.92 Å². The summed E-state index contributed by atoms with van der Waals surface area (Å²) in [4.78, 5) is 4.67. The molecular formula is C15H15N. The fraction of sp³-hybridized carbons (Fsp3) is 0.267. The molecule has 0 fully saturated rings. The van der Waals surface area contributed by atoms with Crippen molar-refractivity contribution in [2.75, 3.05) is 0 Å². The van der Waals surface area contributed by atoms with Gasteiger partial charge < -0.3 is 0 Å². The summed E-state index contributed by atoms with van der Waals surface area (Å²) >= 11 is 0. The number of para-hydroxylation sites is 1. The van der Waals surface area contributed by atoms with E-state index >= 15 is 0 Å². The molecule has 80 valence electrons. The highest BCUT2D eigenvalue weighted by Crippen LogP contribution is 2.30. The molecule has 2 aliphatic rings. The molecule has 0 radical (unpaired) electrons. The molecule has 1 unspecified atom stereocenters.